The normalized spacial score (nSPS) is 15.8. The van der Waals surface area contributed by atoms with Gasteiger partial charge in [0.05, 0.1) is 12.6 Å². The second-order valence-corrected chi connectivity index (χ2v) is 6.62. The molecule has 3 N–H and O–H groups in total. The first kappa shape index (κ1) is 15.8. The number of nitrogens with one attached hydrogen (secondary N) is 2. The number of hydrogen-bond acceptors (Lipinski definition) is 4. The molecular formula is C17H23N3O3. The van der Waals surface area contributed by atoms with Crippen molar-refractivity contribution < 1.29 is 14.3 Å². The lowest BCUT2D eigenvalue weighted by Crippen LogP contribution is -2.40. The van der Waals surface area contributed by atoms with Crippen LogP contribution in [0.5, 0.6) is 0 Å². The first-order valence-corrected chi connectivity index (χ1v) is 8.14. The summed E-state index contributed by atoms with van der Waals surface area (Å²) in [6.45, 7) is 4.03. The van der Waals surface area contributed by atoms with Gasteiger partial charge in [0, 0.05) is 17.7 Å². The fourth-order valence-corrected chi connectivity index (χ4v) is 2.63. The zero-order chi connectivity index (χ0) is 16.4. The largest absolute Gasteiger partial charge is 0.440 e. The molecule has 0 spiro atoms. The van der Waals surface area contributed by atoms with Gasteiger partial charge in [0.2, 0.25) is 0 Å². The van der Waals surface area contributed by atoms with Crippen LogP contribution in [0.4, 0.5) is 10.5 Å². The number of oxazole rings is 1. The van der Waals surface area contributed by atoms with Crippen molar-refractivity contribution >= 4 is 22.8 Å². The van der Waals surface area contributed by atoms with Crippen molar-refractivity contribution in [2.45, 2.75) is 45.1 Å². The topological polar surface area (TPSA) is 87.4 Å². The summed E-state index contributed by atoms with van der Waals surface area (Å²) in [4.78, 5) is 16.5. The van der Waals surface area contributed by atoms with Crippen molar-refractivity contribution in [3.05, 3.63) is 24.1 Å². The summed E-state index contributed by atoms with van der Waals surface area (Å²) < 4.78 is 5.75. The van der Waals surface area contributed by atoms with Gasteiger partial charge >= 0.3 is 6.03 Å². The average Bonchev–Trinajstić information content (AvgIpc) is 3.26. The number of aromatic nitrogens is 1. The van der Waals surface area contributed by atoms with Crippen LogP contribution in [0.2, 0.25) is 0 Å². The number of rotatable bonds is 6. The van der Waals surface area contributed by atoms with E-state index < -0.39 is 0 Å². The third kappa shape index (κ3) is 4.01. The van der Waals surface area contributed by atoms with Crippen LogP contribution in [0.1, 0.15) is 44.9 Å². The lowest BCUT2D eigenvalue weighted by atomic mass is 10.0. The minimum atomic E-state index is -0.328. The van der Waals surface area contributed by atoms with Gasteiger partial charge in [-0.1, -0.05) is 13.8 Å². The molecule has 1 aliphatic carbocycles. The summed E-state index contributed by atoms with van der Waals surface area (Å²) in [7, 11) is 0. The van der Waals surface area contributed by atoms with Crippen LogP contribution in [0, 0.1) is 5.92 Å². The van der Waals surface area contributed by atoms with Crippen molar-refractivity contribution in [1.29, 1.82) is 0 Å². The maximum absolute atomic E-state index is 12.0. The molecule has 2 aromatic rings. The molecule has 1 unspecified atom stereocenters. The van der Waals surface area contributed by atoms with Gasteiger partial charge in [0.25, 0.3) is 0 Å². The van der Waals surface area contributed by atoms with Crippen LogP contribution in [-0.2, 0) is 0 Å². The van der Waals surface area contributed by atoms with Crippen LogP contribution in [-0.4, -0.2) is 28.8 Å². The van der Waals surface area contributed by atoms with E-state index >= 15 is 0 Å². The van der Waals surface area contributed by atoms with E-state index in [0.717, 1.165) is 30.7 Å². The number of nitrogens with zero attached hydrogens (tertiary/aromatic N) is 1. The molecule has 3 rings (SSSR count). The molecule has 0 radical (unpaired) electrons. The van der Waals surface area contributed by atoms with Gasteiger partial charge in [0.1, 0.15) is 5.52 Å². The van der Waals surface area contributed by atoms with Gasteiger partial charge in [-0.05, 0) is 37.3 Å². The fraction of sp³-hybridized carbons (Fsp3) is 0.529. The van der Waals surface area contributed by atoms with Crippen molar-refractivity contribution in [1.82, 2.24) is 10.3 Å². The predicted octanol–water partition coefficient (Wildman–Crippen LogP) is 3.23. The number of aliphatic hydroxyl groups is 1. The number of benzene rings is 1. The van der Waals surface area contributed by atoms with E-state index in [9.17, 15) is 9.90 Å². The average molecular weight is 317 g/mol. The molecule has 1 aromatic heterocycles. The molecule has 0 saturated heterocycles. The number of anilines is 1. The molecule has 6 heteroatoms. The van der Waals surface area contributed by atoms with E-state index in [1.807, 2.05) is 6.07 Å². The second kappa shape index (κ2) is 6.58. The molecule has 1 atom stereocenters. The molecule has 2 amide bonds. The van der Waals surface area contributed by atoms with Crippen molar-refractivity contribution in [3.63, 3.8) is 0 Å². The monoisotopic (exact) mass is 317 g/mol. The van der Waals surface area contributed by atoms with Gasteiger partial charge in [-0.3, -0.25) is 0 Å². The van der Waals surface area contributed by atoms with Crippen LogP contribution < -0.4 is 10.6 Å². The van der Waals surface area contributed by atoms with Crippen LogP contribution >= 0.6 is 0 Å². The molecule has 1 aromatic carbocycles. The van der Waals surface area contributed by atoms with Crippen LogP contribution in [0.3, 0.4) is 0 Å². The maximum atomic E-state index is 12.0. The van der Waals surface area contributed by atoms with Crippen molar-refractivity contribution in [2.75, 3.05) is 11.9 Å². The summed E-state index contributed by atoms with van der Waals surface area (Å²) in [5.74, 6) is 1.65. The predicted molar refractivity (Wildman–Crippen MR) is 88.5 cm³/mol. The smallest absolute Gasteiger partial charge is 0.319 e. The molecule has 124 valence electrons. The number of carbonyl (C=O) groups is 1. The zero-order valence-corrected chi connectivity index (χ0v) is 13.5. The molecular weight excluding hydrogens is 294 g/mol. The number of urea groups is 1. The number of fused-ring (bicyclic) bond motifs is 1. The minimum absolute atomic E-state index is 0.0719. The van der Waals surface area contributed by atoms with Crippen LogP contribution in [0.15, 0.2) is 22.6 Å². The first-order chi connectivity index (χ1) is 11.0. The zero-order valence-electron chi connectivity index (χ0n) is 13.5. The Kier molecular flexibility index (Phi) is 4.52. The highest BCUT2D eigenvalue weighted by Crippen LogP contribution is 2.40. The van der Waals surface area contributed by atoms with Gasteiger partial charge in [-0.2, -0.15) is 0 Å². The Morgan fingerprint density at radius 3 is 2.87 bits per heavy atom. The standard InChI is InChI=1S/C17H23N3O3/c1-10(2)7-13(9-21)19-17(22)18-12-5-6-14-15(8-12)23-16(20-14)11-3-4-11/h5-6,8,10-11,13,21H,3-4,7,9H2,1-2H3,(H2,18,19,22). The molecule has 1 heterocycles. The highest BCUT2D eigenvalue weighted by Gasteiger charge is 2.28. The number of aliphatic hydroxyl groups excluding tert-OH is 1. The van der Waals surface area contributed by atoms with Crippen LogP contribution in [0.25, 0.3) is 11.1 Å². The van der Waals surface area contributed by atoms with Crippen molar-refractivity contribution in [3.8, 4) is 0 Å². The van der Waals surface area contributed by atoms with Gasteiger partial charge < -0.3 is 20.2 Å². The van der Waals surface area contributed by atoms with Gasteiger partial charge in [-0.25, -0.2) is 9.78 Å². The first-order valence-electron chi connectivity index (χ1n) is 8.14. The Balaban J connectivity index is 1.64. The Labute approximate surface area is 135 Å². The van der Waals surface area contributed by atoms with E-state index in [2.05, 4.69) is 29.5 Å². The number of amides is 2. The molecule has 0 aliphatic heterocycles. The highest BCUT2D eigenvalue weighted by atomic mass is 16.3. The van der Waals surface area contributed by atoms with E-state index in [-0.39, 0.29) is 18.7 Å². The molecule has 0 bridgehead atoms. The lowest BCUT2D eigenvalue weighted by molar-refractivity contribution is 0.214. The SMILES string of the molecule is CC(C)CC(CO)NC(=O)Nc1ccc2nc(C3CC3)oc2c1. The Morgan fingerprint density at radius 1 is 1.43 bits per heavy atom. The molecule has 1 aliphatic rings. The summed E-state index contributed by atoms with van der Waals surface area (Å²) in [6, 6.07) is 4.86. The summed E-state index contributed by atoms with van der Waals surface area (Å²) >= 11 is 0. The molecule has 1 fully saturated rings. The van der Waals surface area contributed by atoms with E-state index in [4.69, 9.17) is 4.42 Å². The van der Waals surface area contributed by atoms with E-state index in [0.29, 0.717) is 23.1 Å². The number of hydrogen-bond donors (Lipinski definition) is 3. The fourth-order valence-electron chi connectivity index (χ4n) is 2.63. The Bertz CT molecular complexity index is 691. The third-order valence-corrected chi connectivity index (χ3v) is 3.90. The van der Waals surface area contributed by atoms with E-state index in [1.165, 1.54) is 0 Å². The quantitative estimate of drug-likeness (QED) is 0.763. The summed E-state index contributed by atoms with van der Waals surface area (Å²) in [6.07, 6.45) is 3.01. The lowest BCUT2D eigenvalue weighted by Gasteiger charge is -2.18. The summed E-state index contributed by atoms with van der Waals surface area (Å²) in [5, 5.41) is 14.9. The number of carbonyl (C=O) groups excluding carboxylic acids is 1. The van der Waals surface area contributed by atoms with Gasteiger partial charge in [0.15, 0.2) is 11.5 Å². The molecule has 23 heavy (non-hydrogen) atoms. The highest BCUT2D eigenvalue weighted by molar-refractivity contribution is 5.91. The summed E-state index contributed by atoms with van der Waals surface area (Å²) in [5.41, 5.74) is 2.14. The Morgan fingerprint density at radius 2 is 2.22 bits per heavy atom. The van der Waals surface area contributed by atoms with Crippen molar-refractivity contribution in [2.24, 2.45) is 5.92 Å². The molecule has 6 nitrogen and oxygen atoms in total. The Hall–Kier alpha value is -2.08. The van der Waals surface area contributed by atoms with Gasteiger partial charge in [-0.15, -0.1) is 0 Å². The molecule has 1 saturated carbocycles. The third-order valence-electron chi connectivity index (χ3n) is 3.90. The minimum Gasteiger partial charge on any atom is -0.440 e. The maximum Gasteiger partial charge on any atom is 0.319 e. The van der Waals surface area contributed by atoms with E-state index in [1.54, 1.807) is 12.1 Å². The second-order valence-electron chi connectivity index (χ2n) is 6.62.